The van der Waals surface area contributed by atoms with Crippen molar-refractivity contribution in [3.63, 3.8) is 0 Å². The number of imidazole rings is 1. The van der Waals surface area contributed by atoms with Crippen LogP contribution in [-0.4, -0.2) is 30.9 Å². The molecule has 0 amide bonds. The van der Waals surface area contributed by atoms with Crippen LogP contribution < -0.4 is 5.14 Å². The molecule has 0 bridgehead atoms. The van der Waals surface area contributed by atoms with E-state index in [0.29, 0.717) is 26.9 Å². The highest BCUT2D eigenvalue weighted by Gasteiger charge is 2.15. The summed E-state index contributed by atoms with van der Waals surface area (Å²) in [5, 5.41) is 5.21. The number of pyridine rings is 1. The first-order valence-corrected chi connectivity index (χ1v) is 9.03. The number of carbonyl (C=O) groups excluding carboxylic acids is 1. The number of fused-ring (bicyclic) bond motifs is 1. The standard InChI is InChI=1S/C15H12BrN3O4S/c1-23-15(20)10-3-5-14-18-12(8-19(14)7-10)9-2-4-11(16)13(6-9)24(17,21)22/h2-8H,1H3,(H2,17,21,22). The number of benzene rings is 1. The second-order valence-electron chi connectivity index (χ2n) is 4.99. The van der Waals surface area contributed by atoms with Crippen molar-refractivity contribution in [2.45, 2.75) is 4.90 Å². The molecule has 1 aromatic carbocycles. The minimum atomic E-state index is -3.86. The number of methoxy groups -OCH3 is 1. The molecule has 0 atom stereocenters. The summed E-state index contributed by atoms with van der Waals surface area (Å²) in [6.45, 7) is 0. The maximum atomic E-state index is 11.6. The van der Waals surface area contributed by atoms with Gasteiger partial charge in [0.2, 0.25) is 10.0 Å². The largest absolute Gasteiger partial charge is 0.465 e. The fourth-order valence-corrected chi connectivity index (χ4v) is 3.80. The Bertz CT molecular complexity index is 1060. The van der Waals surface area contributed by atoms with Crippen LogP contribution in [0.4, 0.5) is 0 Å². The number of primary sulfonamides is 1. The van der Waals surface area contributed by atoms with Gasteiger partial charge in [0.1, 0.15) is 5.65 Å². The van der Waals surface area contributed by atoms with Gasteiger partial charge < -0.3 is 9.14 Å². The lowest BCUT2D eigenvalue weighted by Crippen LogP contribution is -2.12. The van der Waals surface area contributed by atoms with Gasteiger partial charge in [0, 0.05) is 22.4 Å². The molecule has 0 aliphatic heterocycles. The Morgan fingerprint density at radius 2 is 2.00 bits per heavy atom. The van der Waals surface area contributed by atoms with Crippen LogP contribution in [0.15, 0.2) is 52.1 Å². The number of carbonyl (C=O) groups is 1. The zero-order chi connectivity index (χ0) is 17.5. The number of ether oxygens (including phenoxy) is 1. The van der Waals surface area contributed by atoms with Crippen molar-refractivity contribution < 1.29 is 17.9 Å². The van der Waals surface area contributed by atoms with Crippen molar-refractivity contribution in [1.29, 1.82) is 0 Å². The Morgan fingerprint density at radius 1 is 1.25 bits per heavy atom. The molecule has 2 heterocycles. The number of halogens is 1. The Morgan fingerprint density at radius 3 is 2.67 bits per heavy atom. The highest BCUT2D eigenvalue weighted by Crippen LogP contribution is 2.27. The predicted molar refractivity (Wildman–Crippen MR) is 91.0 cm³/mol. The smallest absolute Gasteiger partial charge is 0.339 e. The highest BCUT2D eigenvalue weighted by atomic mass is 79.9. The highest BCUT2D eigenvalue weighted by molar-refractivity contribution is 9.10. The van der Waals surface area contributed by atoms with Gasteiger partial charge in [0.15, 0.2) is 0 Å². The van der Waals surface area contributed by atoms with E-state index in [0.717, 1.165) is 0 Å². The number of esters is 1. The molecule has 0 spiro atoms. The Labute approximate surface area is 146 Å². The average molecular weight is 410 g/mol. The van der Waals surface area contributed by atoms with Crippen LogP contribution in [0.2, 0.25) is 0 Å². The quantitative estimate of drug-likeness (QED) is 0.667. The first-order chi connectivity index (χ1) is 11.3. The number of rotatable bonds is 3. The summed E-state index contributed by atoms with van der Waals surface area (Å²) in [5.74, 6) is -0.452. The van der Waals surface area contributed by atoms with E-state index >= 15 is 0 Å². The molecule has 0 saturated heterocycles. The van der Waals surface area contributed by atoms with E-state index in [1.807, 2.05) is 0 Å². The minimum absolute atomic E-state index is 0.0210. The molecule has 2 N–H and O–H groups in total. The third-order valence-electron chi connectivity index (χ3n) is 3.41. The van der Waals surface area contributed by atoms with E-state index in [1.165, 1.54) is 13.2 Å². The van der Waals surface area contributed by atoms with Gasteiger partial charge in [-0.3, -0.25) is 0 Å². The summed E-state index contributed by atoms with van der Waals surface area (Å²) in [7, 11) is -2.55. The molecule has 0 saturated carbocycles. The van der Waals surface area contributed by atoms with Gasteiger partial charge in [-0.15, -0.1) is 0 Å². The number of hydrogen-bond acceptors (Lipinski definition) is 5. The predicted octanol–water partition coefficient (Wildman–Crippen LogP) is 2.20. The van der Waals surface area contributed by atoms with Gasteiger partial charge in [-0.2, -0.15) is 0 Å². The SMILES string of the molecule is COC(=O)c1ccc2nc(-c3ccc(Br)c(S(N)(=O)=O)c3)cn2c1. The zero-order valence-electron chi connectivity index (χ0n) is 12.4. The number of nitrogens with zero attached hydrogens (tertiary/aromatic N) is 2. The van der Waals surface area contributed by atoms with Crippen molar-refractivity contribution >= 4 is 37.6 Å². The topological polar surface area (TPSA) is 104 Å². The van der Waals surface area contributed by atoms with E-state index in [1.54, 1.807) is 41.1 Å². The third kappa shape index (κ3) is 3.05. The third-order valence-corrected chi connectivity index (χ3v) is 5.31. The van der Waals surface area contributed by atoms with Gasteiger partial charge in [-0.05, 0) is 40.2 Å². The van der Waals surface area contributed by atoms with E-state index in [-0.39, 0.29) is 4.90 Å². The lowest BCUT2D eigenvalue weighted by molar-refractivity contribution is 0.0600. The second-order valence-corrected chi connectivity index (χ2v) is 7.38. The second kappa shape index (κ2) is 6.00. The van der Waals surface area contributed by atoms with Crippen LogP contribution in [-0.2, 0) is 14.8 Å². The van der Waals surface area contributed by atoms with Crippen LogP contribution in [0.5, 0.6) is 0 Å². The van der Waals surface area contributed by atoms with Gasteiger partial charge in [0.05, 0.1) is 23.3 Å². The maximum absolute atomic E-state index is 11.6. The number of aromatic nitrogens is 2. The Hall–Kier alpha value is -2.23. The van der Waals surface area contributed by atoms with Crippen LogP contribution in [0.1, 0.15) is 10.4 Å². The normalized spacial score (nSPS) is 11.6. The molecule has 7 nitrogen and oxygen atoms in total. The molecule has 124 valence electrons. The molecule has 24 heavy (non-hydrogen) atoms. The molecule has 0 aliphatic rings. The Kier molecular flexibility index (Phi) is 4.16. The van der Waals surface area contributed by atoms with E-state index in [2.05, 4.69) is 25.7 Å². The van der Waals surface area contributed by atoms with Gasteiger partial charge in [-0.25, -0.2) is 23.3 Å². The average Bonchev–Trinajstić information content (AvgIpc) is 2.96. The number of sulfonamides is 1. The van der Waals surface area contributed by atoms with Crippen molar-refractivity contribution in [3.05, 3.63) is 52.8 Å². The molecule has 0 fully saturated rings. The maximum Gasteiger partial charge on any atom is 0.339 e. The van der Waals surface area contributed by atoms with E-state index < -0.39 is 16.0 Å². The monoisotopic (exact) mass is 409 g/mol. The Balaban J connectivity index is 2.12. The van der Waals surface area contributed by atoms with Gasteiger partial charge >= 0.3 is 5.97 Å². The molecule has 3 aromatic rings. The number of nitrogens with two attached hydrogens (primary N) is 1. The molecular formula is C15H12BrN3O4S. The summed E-state index contributed by atoms with van der Waals surface area (Å²) in [4.78, 5) is 16.0. The molecular weight excluding hydrogens is 398 g/mol. The molecule has 3 rings (SSSR count). The lowest BCUT2D eigenvalue weighted by Gasteiger charge is -2.04. The van der Waals surface area contributed by atoms with E-state index in [4.69, 9.17) is 5.14 Å². The first-order valence-electron chi connectivity index (χ1n) is 6.69. The van der Waals surface area contributed by atoms with Gasteiger partial charge in [0.25, 0.3) is 0 Å². The minimum Gasteiger partial charge on any atom is -0.465 e. The van der Waals surface area contributed by atoms with Crippen molar-refractivity contribution in [3.8, 4) is 11.3 Å². The summed E-state index contributed by atoms with van der Waals surface area (Å²) >= 11 is 3.17. The molecule has 2 aromatic heterocycles. The van der Waals surface area contributed by atoms with E-state index in [9.17, 15) is 13.2 Å². The summed E-state index contributed by atoms with van der Waals surface area (Å²) < 4.78 is 30.0. The summed E-state index contributed by atoms with van der Waals surface area (Å²) in [5.41, 5.74) is 2.13. The molecule has 0 unspecified atom stereocenters. The first kappa shape index (κ1) is 16.6. The lowest BCUT2D eigenvalue weighted by atomic mass is 10.2. The van der Waals surface area contributed by atoms with Crippen molar-refractivity contribution in [2.75, 3.05) is 7.11 Å². The summed E-state index contributed by atoms with van der Waals surface area (Å²) in [6.07, 6.45) is 3.29. The van der Waals surface area contributed by atoms with Crippen molar-refractivity contribution in [1.82, 2.24) is 9.38 Å². The van der Waals surface area contributed by atoms with Crippen LogP contribution in [0, 0.1) is 0 Å². The van der Waals surface area contributed by atoms with Crippen molar-refractivity contribution in [2.24, 2.45) is 5.14 Å². The fourth-order valence-electron chi connectivity index (χ4n) is 2.25. The van der Waals surface area contributed by atoms with Gasteiger partial charge in [-0.1, -0.05) is 6.07 Å². The van der Waals surface area contributed by atoms with Crippen LogP contribution in [0.3, 0.4) is 0 Å². The zero-order valence-corrected chi connectivity index (χ0v) is 14.8. The van der Waals surface area contributed by atoms with Crippen LogP contribution in [0.25, 0.3) is 16.9 Å². The molecule has 0 aliphatic carbocycles. The summed E-state index contributed by atoms with van der Waals surface area (Å²) in [6, 6.07) is 8.05. The van der Waals surface area contributed by atoms with Crippen LogP contribution >= 0.6 is 15.9 Å². The fraction of sp³-hybridized carbons (Fsp3) is 0.0667. The molecule has 9 heteroatoms. The molecule has 0 radical (unpaired) electrons. The number of hydrogen-bond donors (Lipinski definition) is 1.